The van der Waals surface area contributed by atoms with Gasteiger partial charge in [-0.15, -0.1) is 0 Å². The van der Waals surface area contributed by atoms with Crippen LogP contribution in [0, 0.1) is 17.8 Å². The zero-order valence-corrected chi connectivity index (χ0v) is 18.0. The summed E-state index contributed by atoms with van der Waals surface area (Å²) in [5, 5.41) is 8.83. The predicted octanol–water partition coefficient (Wildman–Crippen LogP) is 6.77. The van der Waals surface area contributed by atoms with Crippen LogP contribution in [0.4, 0.5) is 0 Å². The van der Waals surface area contributed by atoms with E-state index >= 15 is 0 Å². The molecule has 0 radical (unpaired) electrons. The number of aliphatic hydroxyl groups excluding tert-OH is 1. The summed E-state index contributed by atoms with van der Waals surface area (Å²) in [7, 11) is 0. The van der Waals surface area contributed by atoms with Gasteiger partial charge in [0.2, 0.25) is 0 Å². The Hall–Kier alpha value is -1.09. The molecule has 0 bridgehead atoms. The van der Waals surface area contributed by atoms with Crippen LogP contribution in [0.2, 0.25) is 0 Å². The molecule has 2 atom stereocenters. The normalized spacial score (nSPS) is 14.0. The van der Waals surface area contributed by atoms with Gasteiger partial charge in [-0.2, -0.15) is 0 Å². The summed E-state index contributed by atoms with van der Waals surface area (Å²) in [5.74, 6) is 2.63. The zero-order chi connectivity index (χ0) is 19.6. The highest BCUT2D eigenvalue weighted by molar-refractivity contribution is 4.97. The second kappa shape index (κ2) is 17.3. The first-order valence-electron chi connectivity index (χ1n) is 10.6. The van der Waals surface area contributed by atoms with Crippen molar-refractivity contribution in [3.8, 4) is 0 Å². The molecule has 3 nitrogen and oxygen atoms in total. The van der Waals surface area contributed by atoms with Crippen molar-refractivity contribution < 1.29 is 5.11 Å². The van der Waals surface area contributed by atoms with Gasteiger partial charge < -0.3 is 10.1 Å². The van der Waals surface area contributed by atoms with E-state index in [9.17, 15) is 0 Å². The van der Waals surface area contributed by atoms with Crippen molar-refractivity contribution in [3.63, 3.8) is 0 Å². The number of aliphatic hydroxyl groups is 1. The Bertz CT molecular complexity index is 395. The second-order valence-electron chi connectivity index (χ2n) is 8.35. The van der Waals surface area contributed by atoms with E-state index in [1.807, 2.05) is 6.08 Å². The minimum Gasteiger partial charge on any atom is -0.392 e. The van der Waals surface area contributed by atoms with Crippen molar-refractivity contribution in [3.05, 3.63) is 30.4 Å². The summed E-state index contributed by atoms with van der Waals surface area (Å²) in [6.45, 7) is 11.8. The number of hydrogen-bond donors (Lipinski definition) is 2. The molecule has 0 aliphatic carbocycles. The fourth-order valence-corrected chi connectivity index (χ4v) is 3.18. The van der Waals surface area contributed by atoms with Gasteiger partial charge in [0.1, 0.15) is 0 Å². The second-order valence-corrected chi connectivity index (χ2v) is 8.35. The predicted molar refractivity (Wildman–Crippen MR) is 114 cm³/mol. The van der Waals surface area contributed by atoms with Crippen molar-refractivity contribution in [1.29, 1.82) is 0 Å². The van der Waals surface area contributed by atoms with E-state index in [-0.39, 0.29) is 6.61 Å². The Labute approximate surface area is 162 Å². The van der Waals surface area contributed by atoms with Gasteiger partial charge in [-0.05, 0) is 37.5 Å². The molecule has 0 fully saturated rings. The average molecular weight is 365 g/mol. The highest BCUT2D eigenvalue weighted by Crippen LogP contribution is 2.21. The summed E-state index contributed by atoms with van der Waals surface area (Å²) in [6, 6.07) is 0. The molecule has 0 aliphatic heterocycles. The molecule has 0 unspecified atom stereocenters. The van der Waals surface area contributed by atoms with Gasteiger partial charge in [-0.1, -0.05) is 84.3 Å². The summed E-state index contributed by atoms with van der Waals surface area (Å²) < 4.78 is 0. The first-order valence-corrected chi connectivity index (χ1v) is 10.6. The molecular weight excluding hydrogens is 320 g/mol. The fraction of sp³-hybridized carbons (Fsp3) is 0.783. The van der Waals surface area contributed by atoms with Gasteiger partial charge in [-0.3, -0.25) is 0 Å². The van der Waals surface area contributed by atoms with Gasteiger partial charge in [-0.25, -0.2) is 4.98 Å². The van der Waals surface area contributed by atoms with Crippen LogP contribution < -0.4 is 0 Å². The van der Waals surface area contributed by atoms with Gasteiger partial charge in [0.05, 0.1) is 12.9 Å². The molecule has 26 heavy (non-hydrogen) atoms. The first kappa shape index (κ1) is 24.9. The Morgan fingerprint density at radius 3 is 1.96 bits per heavy atom. The van der Waals surface area contributed by atoms with Crippen molar-refractivity contribution in [2.24, 2.45) is 17.8 Å². The van der Waals surface area contributed by atoms with Gasteiger partial charge >= 0.3 is 0 Å². The van der Waals surface area contributed by atoms with Crippen LogP contribution in [0.1, 0.15) is 92.4 Å². The lowest BCUT2D eigenvalue weighted by Gasteiger charge is -2.15. The lowest BCUT2D eigenvalue weighted by molar-refractivity contribution is 0.341. The first-order chi connectivity index (χ1) is 12.5. The largest absolute Gasteiger partial charge is 0.392 e. The third-order valence-corrected chi connectivity index (χ3v) is 4.99. The maximum atomic E-state index is 8.83. The molecule has 1 heterocycles. The standard InChI is InChI=1S/C20H40O.C3H4N2/c1-17(2)9-6-10-18(3)11-7-12-19(4)13-8-14-20(5)15-16-21;1-2-5-3-4-1/h15,17-19,21H,6-14,16H2,1-5H3;1-3H,(H,4,5)/t18-,19-;/m1./s1. The topological polar surface area (TPSA) is 48.9 Å². The average Bonchev–Trinajstić information content (AvgIpc) is 3.14. The summed E-state index contributed by atoms with van der Waals surface area (Å²) in [6.07, 6.45) is 19.2. The van der Waals surface area contributed by atoms with Gasteiger partial charge in [0.15, 0.2) is 0 Å². The molecule has 152 valence electrons. The number of nitrogens with one attached hydrogen (secondary N) is 1. The molecule has 1 aromatic rings. The summed E-state index contributed by atoms with van der Waals surface area (Å²) in [5.41, 5.74) is 1.34. The monoisotopic (exact) mass is 364 g/mol. The molecule has 0 saturated carbocycles. The van der Waals surface area contributed by atoms with Crippen LogP contribution in [0.15, 0.2) is 30.4 Å². The third-order valence-electron chi connectivity index (χ3n) is 4.99. The van der Waals surface area contributed by atoms with Crippen LogP contribution in [-0.4, -0.2) is 21.7 Å². The Morgan fingerprint density at radius 1 is 0.962 bits per heavy atom. The van der Waals surface area contributed by atoms with E-state index in [4.69, 9.17) is 5.11 Å². The highest BCUT2D eigenvalue weighted by Gasteiger charge is 2.06. The van der Waals surface area contributed by atoms with E-state index in [0.717, 1.165) is 24.2 Å². The number of imidazole rings is 1. The molecule has 2 N–H and O–H groups in total. The maximum Gasteiger partial charge on any atom is 0.0919 e. The number of rotatable bonds is 13. The lowest BCUT2D eigenvalue weighted by atomic mass is 9.91. The Morgan fingerprint density at radius 2 is 1.54 bits per heavy atom. The van der Waals surface area contributed by atoms with E-state index < -0.39 is 0 Å². The van der Waals surface area contributed by atoms with Crippen molar-refractivity contribution in [1.82, 2.24) is 9.97 Å². The quantitative estimate of drug-likeness (QED) is 0.379. The van der Waals surface area contributed by atoms with Gasteiger partial charge in [0, 0.05) is 12.4 Å². The van der Waals surface area contributed by atoms with Crippen LogP contribution in [0.5, 0.6) is 0 Å². The van der Waals surface area contributed by atoms with Crippen molar-refractivity contribution in [2.75, 3.05) is 6.61 Å². The van der Waals surface area contributed by atoms with E-state index in [1.165, 1.54) is 56.9 Å². The summed E-state index contributed by atoms with van der Waals surface area (Å²) >= 11 is 0. The minimum absolute atomic E-state index is 0.191. The van der Waals surface area contributed by atoms with Crippen LogP contribution in [-0.2, 0) is 0 Å². The zero-order valence-electron chi connectivity index (χ0n) is 18.0. The minimum atomic E-state index is 0.191. The van der Waals surface area contributed by atoms with Crippen molar-refractivity contribution >= 4 is 0 Å². The molecule has 1 aromatic heterocycles. The molecule has 0 saturated heterocycles. The fourth-order valence-electron chi connectivity index (χ4n) is 3.18. The number of H-pyrrole nitrogens is 1. The molecule has 1 rings (SSSR count). The Kier molecular flexibility index (Phi) is 16.6. The number of allylic oxidation sites excluding steroid dienone is 1. The maximum absolute atomic E-state index is 8.83. The number of aromatic amines is 1. The van der Waals surface area contributed by atoms with E-state index in [2.05, 4.69) is 44.6 Å². The SMILES string of the molecule is CC(=CCO)CCC[C@H](C)CCC[C@H](C)CCCC(C)C.c1c[nH]cn1. The lowest BCUT2D eigenvalue weighted by Crippen LogP contribution is -2.00. The summed E-state index contributed by atoms with van der Waals surface area (Å²) in [4.78, 5) is 6.42. The van der Waals surface area contributed by atoms with E-state index in [1.54, 1.807) is 18.7 Å². The van der Waals surface area contributed by atoms with Crippen molar-refractivity contribution in [2.45, 2.75) is 92.4 Å². The third kappa shape index (κ3) is 17.7. The van der Waals surface area contributed by atoms with Crippen LogP contribution in [0.25, 0.3) is 0 Å². The molecular formula is C23H44N2O. The number of hydrogen-bond acceptors (Lipinski definition) is 2. The molecule has 3 heteroatoms. The van der Waals surface area contributed by atoms with E-state index in [0.29, 0.717) is 0 Å². The number of aromatic nitrogens is 2. The van der Waals surface area contributed by atoms with Crippen LogP contribution >= 0.6 is 0 Å². The molecule has 0 spiro atoms. The molecule has 0 amide bonds. The smallest absolute Gasteiger partial charge is 0.0919 e. The Balaban J connectivity index is 0.00000106. The van der Waals surface area contributed by atoms with Crippen LogP contribution in [0.3, 0.4) is 0 Å². The van der Waals surface area contributed by atoms with Gasteiger partial charge in [0.25, 0.3) is 0 Å². The number of nitrogens with zero attached hydrogens (tertiary/aromatic N) is 1. The highest BCUT2D eigenvalue weighted by atomic mass is 16.2. The molecule has 0 aromatic carbocycles. The molecule has 0 aliphatic rings.